The molecule has 1 N–H and O–H groups in total. The molecule has 1 heterocycles. The van der Waals surface area contributed by atoms with E-state index in [2.05, 4.69) is 21.2 Å². The Morgan fingerprint density at radius 2 is 1.94 bits per heavy atom. The van der Waals surface area contributed by atoms with Gasteiger partial charge in [0, 0.05) is 17.7 Å². The number of nitrogens with zero attached hydrogens (tertiary/aromatic N) is 2. The minimum Gasteiger partial charge on any atom is -0.557 e. The van der Waals surface area contributed by atoms with E-state index in [0.717, 1.165) is 23.2 Å². The van der Waals surface area contributed by atoms with Crippen molar-refractivity contribution in [2.75, 3.05) is 13.2 Å². The fourth-order valence-corrected chi connectivity index (χ4v) is 3.41. The predicted molar refractivity (Wildman–Crippen MR) is 121 cm³/mol. The smallest absolute Gasteiger partial charge is 0.557 e. The summed E-state index contributed by atoms with van der Waals surface area (Å²) in [6.45, 7) is 6.87. The van der Waals surface area contributed by atoms with Gasteiger partial charge in [-0.1, -0.05) is 12.1 Å². The number of pyridine rings is 1. The first-order chi connectivity index (χ1) is 15.9. The molecule has 0 aliphatic carbocycles. The molecule has 2 aromatic carbocycles. The second kappa shape index (κ2) is 13.1. The maximum atomic E-state index is 14.9. The van der Waals surface area contributed by atoms with Crippen molar-refractivity contribution < 1.29 is 58.2 Å². The Hall–Kier alpha value is -2.94. The molecular weight excluding hydrogens is 450 g/mol. The van der Waals surface area contributed by atoms with Crippen LogP contribution in [0.5, 0.6) is 17.2 Å². The van der Waals surface area contributed by atoms with E-state index in [-0.39, 0.29) is 47.7 Å². The number of carbonyl (C=O) groups excluding carboxylic acids is 1. The monoisotopic (exact) mass is 473 g/mol. The van der Waals surface area contributed by atoms with Crippen LogP contribution in [0, 0.1) is 19.7 Å². The third-order valence-corrected chi connectivity index (χ3v) is 4.97. The Balaban J connectivity index is 0.00000408. The van der Waals surface area contributed by atoms with Crippen molar-refractivity contribution in [3.05, 3.63) is 70.7 Å². The Labute approximate surface area is 219 Å². The number of hydrogen-bond acceptors (Lipinski definition) is 7. The third kappa shape index (κ3) is 6.79. The van der Waals surface area contributed by atoms with E-state index in [4.69, 9.17) is 9.47 Å². The number of ether oxygens (including phenoxy) is 2. The topological polar surface area (TPSA) is 90.2 Å². The SMILES string of the molecule is CCOc1cccc(-c2nc(Cc3c(C)cc(OC[C-]=NO[C-]=O)c(F)c3C)ccc2O)c1.[Na+]. The molecule has 172 valence electrons. The summed E-state index contributed by atoms with van der Waals surface area (Å²) in [5.74, 6) is 0.260. The van der Waals surface area contributed by atoms with E-state index >= 15 is 0 Å². The second-order valence-electron chi connectivity index (χ2n) is 7.13. The molecule has 0 saturated heterocycles. The van der Waals surface area contributed by atoms with Crippen molar-refractivity contribution in [3.63, 3.8) is 0 Å². The van der Waals surface area contributed by atoms with Crippen LogP contribution in [-0.2, 0) is 16.1 Å². The van der Waals surface area contributed by atoms with Crippen molar-refractivity contribution in [1.82, 2.24) is 4.98 Å². The second-order valence-corrected chi connectivity index (χ2v) is 7.13. The molecule has 34 heavy (non-hydrogen) atoms. The van der Waals surface area contributed by atoms with E-state index in [1.807, 2.05) is 38.1 Å². The summed E-state index contributed by atoms with van der Waals surface area (Å²) in [4.78, 5) is 18.6. The molecule has 0 atom stereocenters. The zero-order chi connectivity index (χ0) is 23.8. The molecule has 0 spiro atoms. The average Bonchev–Trinajstić information content (AvgIpc) is 2.81. The number of aromatic hydroxyl groups is 1. The molecule has 0 bridgehead atoms. The maximum Gasteiger partial charge on any atom is 1.00 e. The van der Waals surface area contributed by atoms with Crippen molar-refractivity contribution in [2.24, 2.45) is 5.16 Å². The van der Waals surface area contributed by atoms with Gasteiger partial charge >= 0.3 is 29.6 Å². The maximum absolute atomic E-state index is 14.9. The molecule has 0 saturated carbocycles. The van der Waals surface area contributed by atoms with Gasteiger partial charge in [-0.15, -0.1) is 0 Å². The van der Waals surface area contributed by atoms with Crippen molar-refractivity contribution in [3.8, 4) is 28.5 Å². The Kier molecular flexibility index (Phi) is 10.5. The summed E-state index contributed by atoms with van der Waals surface area (Å²) in [6.07, 6.45) is 2.67. The van der Waals surface area contributed by atoms with Gasteiger partial charge in [0.25, 0.3) is 0 Å². The van der Waals surface area contributed by atoms with Gasteiger partial charge < -0.3 is 35.6 Å². The number of rotatable bonds is 10. The number of halogens is 1. The molecule has 0 amide bonds. The number of aromatic nitrogens is 1. The predicted octanol–water partition coefficient (Wildman–Crippen LogP) is 1.53. The van der Waals surface area contributed by atoms with Crippen LogP contribution in [0.1, 0.15) is 29.3 Å². The largest absolute Gasteiger partial charge is 1.00 e. The first kappa shape index (κ1) is 27.3. The molecule has 1 aromatic heterocycles. The van der Waals surface area contributed by atoms with E-state index < -0.39 is 5.82 Å². The normalized spacial score (nSPS) is 10.6. The number of aryl methyl sites for hydroxylation is 1. The van der Waals surface area contributed by atoms with Crippen molar-refractivity contribution in [1.29, 1.82) is 0 Å². The van der Waals surface area contributed by atoms with Gasteiger partial charge in [0.2, 0.25) is 0 Å². The summed E-state index contributed by atoms with van der Waals surface area (Å²) < 4.78 is 25.8. The fraction of sp³-hybridized carbons (Fsp3) is 0.240. The molecule has 0 unspecified atom stereocenters. The first-order valence-corrected chi connectivity index (χ1v) is 10.2. The fourth-order valence-electron chi connectivity index (χ4n) is 3.41. The zero-order valence-corrected chi connectivity index (χ0v) is 21.5. The van der Waals surface area contributed by atoms with Gasteiger partial charge in [-0.25, -0.2) is 9.37 Å². The van der Waals surface area contributed by atoms with E-state index in [0.29, 0.717) is 35.7 Å². The molecule has 0 aliphatic heterocycles. The molecule has 9 heteroatoms. The Morgan fingerprint density at radius 1 is 1.15 bits per heavy atom. The van der Waals surface area contributed by atoms with Crippen LogP contribution in [-0.4, -0.2) is 36.0 Å². The minimum atomic E-state index is -0.510. The van der Waals surface area contributed by atoms with Gasteiger partial charge in [-0.05, 0) is 80.9 Å². The summed E-state index contributed by atoms with van der Waals surface area (Å²) in [7, 11) is 0. The van der Waals surface area contributed by atoms with E-state index in [1.54, 1.807) is 25.1 Å². The van der Waals surface area contributed by atoms with Gasteiger partial charge in [0.15, 0.2) is 11.6 Å². The van der Waals surface area contributed by atoms with Crippen LogP contribution in [0.15, 0.2) is 47.6 Å². The van der Waals surface area contributed by atoms with Crippen LogP contribution in [0.3, 0.4) is 0 Å². The van der Waals surface area contributed by atoms with Crippen LogP contribution >= 0.6 is 0 Å². The molecule has 3 aromatic rings. The molecule has 0 radical (unpaired) electrons. The summed E-state index contributed by atoms with van der Waals surface area (Å²) >= 11 is 0. The third-order valence-electron chi connectivity index (χ3n) is 4.97. The molecule has 7 nitrogen and oxygen atoms in total. The van der Waals surface area contributed by atoms with Crippen LogP contribution in [0.2, 0.25) is 0 Å². The minimum absolute atomic E-state index is 0. The first-order valence-electron chi connectivity index (χ1n) is 10.2. The van der Waals surface area contributed by atoms with Gasteiger partial charge in [-0.3, -0.25) is 0 Å². The molecule has 3 rings (SSSR count). The molecule has 0 fully saturated rings. The van der Waals surface area contributed by atoms with E-state index in [9.17, 15) is 14.3 Å². The molecular formula is C25H23FN2NaO5-. The summed E-state index contributed by atoms with van der Waals surface area (Å²) in [5, 5.41) is 13.5. The van der Waals surface area contributed by atoms with Gasteiger partial charge in [-0.2, -0.15) is 0 Å². The standard InChI is InChI=1S/C25H23FN2O5.Na/c1-4-31-20-7-5-6-18(13-20)25-22(30)9-8-19(28-25)14-21-16(2)12-23(24(26)17(21)3)32-11-10-27-33-15-29;/h5-9,12-13,30H,4,11,14H2,1-3H3;/q-2;+1. The van der Waals surface area contributed by atoms with Gasteiger partial charge in [0.1, 0.15) is 17.2 Å². The Morgan fingerprint density at radius 3 is 2.68 bits per heavy atom. The van der Waals surface area contributed by atoms with Crippen LogP contribution in [0.4, 0.5) is 4.39 Å². The van der Waals surface area contributed by atoms with E-state index in [1.165, 1.54) is 0 Å². The summed E-state index contributed by atoms with van der Waals surface area (Å²) in [5.41, 5.74) is 3.82. The van der Waals surface area contributed by atoms with Crippen molar-refractivity contribution in [2.45, 2.75) is 27.2 Å². The van der Waals surface area contributed by atoms with Crippen molar-refractivity contribution >= 4 is 12.7 Å². The van der Waals surface area contributed by atoms with Crippen LogP contribution < -0.4 is 39.0 Å². The Bertz CT molecular complexity index is 1170. The summed E-state index contributed by atoms with van der Waals surface area (Å²) in [6, 6.07) is 12.2. The van der Waals surface area contributed by atoms with Gasteiger partial charge in [0.05, 0.1) is 6.61 Å². The average molecular weight is 473 g/mol. The quantitative estimate of drug-likeness (QED) is 0.158. The number of benzene rings is 2. The molecule has 0 aliphatic rings. The number of hydrogen-bond donors (Lipinski definition) is 1. The zero-order valence-electron chi connectivity index (χ0n) is 19.5. The van der Waals surface area contributed by atoms with Crippen LogP contribution in [0.25, 0.3) is 11.3 Å².